The highest BCUT2D eigenvalue weighted by molar-refractivity contribution is 5.33. The van der Waals surface area contributed by atoms with Crippen LogP contribution >= 0.6 is 0 Å². The summed E-state index contributed by atoms with van der Waals surface area (Å²) in [4.78, 5) is 12.1. The van der Waals surface area contributed by atoms with E-state index >= 15 is 0 Å². The van der Waals surface area contributed by atoms with Crippen LogP contribution in [-0.2, 0) is 19.5 Å². The van der Waals surface area contributed by atoms with Crippen molar-refractivity contribution >= 4 is 0 Å². The number of rotatable bonds is 4. The molecule has 30 heavy (non-hydrogen) atoms. The summed E-state index contributed by atoms with van der Waals surface area (Å²) in [6.45, 7) is 4.75. The molecule has 0 spiro atoms. The first-order valence-corrected chi connectivity index (χ1v) is 11.0. The maximum Gasteiger partial charge on any atom is 0.131 e. The lowest BCUT2D eigenvalue weighted by Crippen LogP contribution is -2.31. The Bertz CT molecular complexity index is 1020. The molecule has 156 valence electrons. The number of fused-ring (bicyclic) bond motifs is 1. The van der Waals surface area contributed by atoms with Gasteiger partial charge >= 0.3 is 0 Å². The van der Waals surface area contributed by atoms with Gasteiger partial charge in [-0.1, -0.05) is 19.3 Å². The van der Waals surface area contributed by atoms with Crippen LogP contribution in [-0.4, -0.2) is 31.2 Å². The molecule has 3 heterocycles. The molecule has 2 aliphatic rings. The molecule has 1 aliphatic heterocycles. The van der Waals surface area contributed by atoms with Gasteiger partial charge in [0, 0.05) is 61.2 Å². The normalized spacial score (nSPS) is 17.8. The minimum Gasteiger partial charge on any atom is -0.294 e. The smallest absolute Gasteiger partial charge is 0.131 e. The first-order chi connectivity index (χ1) is 14.7. The maximum atomic E-state index is 13.2. The van der Waals surface area contributed by atoms with Crippen molar-refractivity contribution in [3.8, 4) is 5.69 Å². The van der Waals surface area contributed by atoms with E-state index in [1.54, 1.807) is 12.1 Å². The van der Waals surface area contributed by atoms with Gasteiger partial charge < -0.3 is 0 Å². The molecule has 5 nitrogen and oxygen atoms in total. The van der Waals surface area contributed by atoms with Crippen LogP contribution in [0.1, 0.15) is 66.4 Å². The van der Waals surface area contributed by atoms with E-state index < -0.39 is 0 Å². The van der Waals surface area contributed by atoms with Crippen molar-refractivity contribution in [2.24, 2.45) is 0 Å². The Morgan fingerprint density at radius 1 is 1.10 bits per heavy atom. The predicted octanol–water partition coefficient (Wildman–Crippen LogP) is 4.72. The third-order valence-corrected chi connectivity index (χ3v) is 6.49. The van der Waals surface area contributed by atoms with Crippen LogP contribution in [0.3, 0.4) is 0 Å². The van der Waals surface area contributed by atoms with E-state index in [-0.39, 0.29) is 5.82 Å². The Balaban J connectivity index is 1.28. The van der Waals surface area contributed by atoms with Crippen LogP contribution in [0.25, 0.3) is 5.69 Å². The van der Waals surface area contributed by atoms with E-state index in [9.17, 15) is 4.39 Å². The van der Waals surface area contributed by atoms with E-state index in [0.29, 0.717) is 5.92 Å². The molecule has 1 aliphatic carbocycles. The first kappa shape index (κ1) is 19.4. The van der Waals surface area contributed by atoms with Gasteiger partial charge in [0.15, 0.2) is 0 Å². The molecule has 3 aromatic rings. The van der Waals surface area contributed by atoms with Crippen molar-refractivity contribution in [3.05, 3.63) is 70.8 Å². The Morgan fingerprint density at radius 3 is 2.70 bits per heavy atom. The lowest BCUT2D eigenvalue weighted by Gasteiger charge is -2.29. The van der Waals surface area contributed by atoms with Crippen molar-refractivity contribution in [1.29, 1.82) is 0 Å². The molecule has 0 bridgehead atoms. The Labute approximate surface area is 177 Å². The second-order valence-corrected chi connectivity index (χ2v) is 8.66. The van der Waals surface area contributed by atoms with Crippen molar-refractivity contribution in [3.63, 3.8) is 0 Å². The van der Waals surface area contributed by atoms with E-state index in [1.165, 1.54) is 61.1 Å². The summed E-state index contributed by atoms with van der Waals surface area (Å²) in [6, 6.07) is 6.44. The van der Waals surface area contributed by atoms with Crippen LogP contribution in [0.2, 0.25) is 0 Å². The third-order valence-electron chi connectivity index (χ3n) is 6.49. The van der Waals surface area contributed by atoms with Crippen LogP contribution < -0.4 is 0 Å². The molecular formula is C24H28FN5. The number of aryl methyl sites for hydroxylation is 1. The second kappa shape index (κ2) is 8.26. The van der Waals surface area contributed by atoms with Gasteiger partial charge in [-0.15, -0.1) is 0 Å². The van der Waals surface area contributed by atoms with Gasteiger partial charge in [-0.25, -0.2) is 19.0 Å². The fourth-order valence-corrected chi connectivity index (χ4v) is 4.70. The zero-order chi connectivity index (χ0) is 20.5. The predicted molar refractivity (Wildman–Crippen MR) is 114 cm³/mol. The van der Waals surface area contributed by atoms with Gasteiger partial charge in [0.25, 0.3) is 0 Å². The van der Waals surface area contributed by atoms with Crippen molar-refractivity contribution in [2.45, 2.75) is 64.5 Å². The van der Waals surface area contributed by atoms with Gasteiger partial charge in [-0.3, -0.25) is 4.90 Å². The van der Waals surface area contributed by atoms with E-state index in [1.807, 2.05) is 11.6 Å². The molecule has 1 aromatic carbocycles. The molecule has 0 unspecified atom stereocenters. The number of aromatic nitrogens is 4. The van der Waals surface area contributed by atoms with E-state index in [4.69, 9.17) is 9.97 Å². The summed E-state index contributed by atoms with van der Waals surface area (Å²) < 4.78 is 15.0. The molecule has 1 fully saturated rings. The molecule has 0 saturated heterocycles. The van der Waals surface area contributed by atoms with Gasteiger partial charge in [-0.2, -0.15) is 5.10 Å². The summed E-state index contributed by atoms with van der Waals surface area (Å²) in [5, 5.41) is 4.63. The average molecular weight is 406 g/mol. The standard InChI is InChI=1S/C24H28FN5/c1-17-20(16-30(28-17)22-9-7-21(25)8-10-22)15-29-12-11-23-19(14-29)13-26-24(27-23)18-5-3-2-4-6-18/h7-10,13,16,18H,2-6,11-12,14-15H2,1H3. The minimum absolute atomic E-state index is 0.233. The fraction of sp³-hybridized carbons (Fsp3) is 0.458. The number of halogens is 1. The molecule has 0 N–H and O–H groups in total. The summed E-state index contributed by atoms with van der Waals surface area (Å²) >= 11 is 0. The molecule has 5 rings (SSSR count). The topological polar surface area (TPSA) is 46.8 Å². The largest absolute Gasteiger partial charge is 0.294 e. The van der Waals surface area contributed by atoms with E-state index in [0.717, 1.165) is 43.3 Å². The fourth-order valence-electron chi connectivity index (χ4n) is 4.70. The van der Waals surface area contributed by atoms with Crippen molar-refractivity contribution in [1.82, 2.24) is 24.6 Å². The molecule has 0 amide bonds. The molecule has 1 saturated carbocycles. The van der Waals surface area contributed by atoms with Crippen LogP contribution in [0, 0.1) is 12.7 Å². The minimum atomic E-state index is -0.233. The third kappa shape index (κ3) is 4.01. The lowest BCUT2D eigenvalue weighted by molar-refractivity contribution is 0.241. The summed E-state index contributed by atoms with van der Waals surface area (Å²) in [7, 11) is 0. The second-order valence-electron chi connectivity index (χ2n) is 8.66. The van der Waals surface area contributed by atoms with Crippen LogP contribution in [0.5, 0.6) is 0 Å². The highest BCUT2D eigenvalue weighted by Gasteiger charge is 2.23. The monoisotopic (exact) mass is 405 g/mol. The van der Waals surface area contributed by atoms with Crippen LogP contribution in [0.15, 0.2) is 36.7 Å². The summed E-state index contributed by atoms with van der Waals surface area (Å²) in [5.74, 6) is 1.39. The molecule has 6 heteroatoms. The number of hydrogen-bond acceptors (Lipinski definition) is 4. The van der Waals surface area contributed by atoms with Gasteiger partial charge in [0.1, 0.15) is 11.6 Å². The highest BCUT2D eigenvalue weighted by Crippen LogP contribution is 2.31. The van der Waals surface area contributed by atoms with Crippen molar-refractivity contribution in [2.75, 3.05) is 6.54 Å². The number of nitrogens with zero attached hydrogens (tertiary/aromatic N) is 5. The number of benzene rings is 1. The van der Waals surface area contributed by atoms with Gasteiger partial charge in [0.2, 0.25) is 0 Å². The summed E-state index contributed by atoms with van der Waals surface area (Å²) in [5.41, 5.74) is 5.57. The lowest BCUT2D eigenvalue weighted by atomic mass is 9.88. The Morgan fingerprint density at radius 2 is 1.90 bits per heavy atom. The first-order valence-electron chi connectivity index (χ1n) is 11.0. The molecular weight excluding hydrogens is 377 g/mol. The van der Waals surface area contributed by atoms with Gasteiger partial charge in [-0.05, 0) is 44.0 Å². The van der Waals surface area contributed by atoms with Crippen LogP contribution in [0.4, 0.5) is 4.39 Å². The molecule has 0 atom stereocenters. The van der Waals surface area contributed by atoms with E-state index in [2.05, 4.69) is 22.4 Å². The summed E-state index contributed by atoms with van der Waals surface area (Å²) in [6.07, 6.45) is 11.5. The molecule has 2 aromatic heterocycles. The molecule has 0 radical (unpaired) electrons. The SMILES string of the molecule is Cc1nn(-c2ccc(F)cc2)cc1CN1CCc2nc(C3CCCCC3)ncc2C1. The number of hydrogen-bond donors (Lipinski definition) is 0. The zero-order valence-corrected chi connectivity index (χ0v) is 17.5. The maximum absolute atomic E-state index is 13.2. The average Bonchev–Trinajstić information content (AvgIpc) is 3.14. The van der Waals surface area contributed by atoms with Gasteiger partial charge in [0.05, 0.1) is 11.4 Å². The zero-order valence-electron chi connectivity index (χ0n) is 17.5. The van der Waals surface area contributed by atoms with Crippen molar-refractivity contribution < 1.29 is 4.39 Å². The highest BCUT2D eigenvalue weighted by atomic mass is 19.1. The quantitative estimate of drug-likeness (QED) is 0.630. The Hall–Kier alpha value is -2.60. The Kier molecular flexibility index (Phi) is 5.34.